The Balaban J connectivity index is 2.22. The summed E-state index contributed by atoms with van der Waals surface area (Å²) < 4.78 is 0. The third kappa shape index (κ3) is 5.17. The van der Waals surface area contributed by atoms with Crippen LogP contribution in [0.3, 0.4) is 0 Å². The minimum atomic E-state index is 0.0910. The Hall–Kier alpha value is -1.02. The number of alkyl halides is 1. The fraction of sp³-hybridized carbons (Fsp3) is 0.462. The van der Waals surface area contributed by atoms with Gasteiger partial charge in [-0.3, -0.25) is 4.79 Å². The number of rotatable bonds is 6. The lowest BCUT2D eigenvalue weighted by Gasteiger charge is -2.05. The van der Waals surface area contributed by atoms with Crippen molar-refractivity contribution in [2.24, 2.45) is 0 Å². The zero-order chi connectivity index (χ0) is 11.8. The van der Waals surface area contributed by atoms with Crippen LogP contribution in [0.25, 0.3) is 0 Å². The minimum absolute atomic E-state index is 0.0910. The standard InChI is InChI=1S/C13H18ClNO/c1-11-4-2-5-12(10-11)7-9-15-13(16)6-3-8-14/h2,4-5,10H,3,6-9H2,1H3,(H,15,16). The van der Waals surface area contributed by atoms with E-state index in [0.29, 0.717) is 18.8 Å². The van der Waals surface area contributed by atoms with Gasteiger partial charge < -0.3 is 5.32 Å². The van der Waals surface area contributed by atoms with Gasteiger partial charge in [0, 0.05) is 18.8 Å². The van der Waals surface area contributed by atoms with Crippen molar-refractivity contribution in [1.29, 1.82) is 0 Å². The largest absolute Gasteiger partial charge is 0.356 e. The van der Waals surface area contributed by atoms with Crippen LogP contribution in [0, 0.1) is 6.92 Å². The third-order valence-corrected chi connectivity index (χ3v) is 2.62. The normalized spacial score (nSPS) is 10.1. The minimum Gasteiger partial charge on any atom is -0.356 e. The maximum absolute atomic E-state index is 11.3. The van der Waals surface area contributed by atoms with Crippen LogP contribution >= 0.6 is 11.6 Å². The number of hydrogen-bond donors (Lipinski definition) is 1. The van der Waals surface area contributed by atoms with Gasteiger partial charge >= 0.3 is 0 Å². The molecule has 0 fully saturated rings. The summed E-state index contributed by atoms with van der Waals surface area (Å²) in [6, 6.07) is 8.34. The zero-order valence-electron chi connectivity index (χ0n) is 9.63. The van der Waals surface area contributed by atoms with Gasteiger partial charge in [0.05, 0.1) is 0 Å². The molecule has 0 spiro atoms. The highest BCUT2D eigenvalue weighted by molar-refractivity contribution is 6.17. The second kappa shape index (κ2) is 7.29. The van der Waals surface area contributed by atoms with Crippen LogP contribution in [0.15, 0.2) is 24.3 Å². The lowest BCUT2D eigenvalue weighted by Crippen LogP contribution is -2.25. The second-order valence-electron chi connectivity index (χ2n) is 3.88. The summed E-state index contributed by atoms with van der Waals surface area (Å²) in [7, 11) is 0. The van der Waals surface area contributed by atoms with E-state index in [4.69, 9.17) is 11.6 Å². The van der Waals surface area contributed by atoms with E-state index in [0.717, 1.165) is 12.8 Å². The van der Waals surface area contributed by atoms with Crippen LogP contribution in [0.5, 0.6) is 0 Å². The molecule has 0 aliphatic heterocycles. The van der Waals surface area contributed by atoms with E-state index in [1.54, 1.807) is 0 Å². The SMILES string of the molecule is Cc1cccc(CCNC(=O)CCCCl)c1. The third-order valence-electron chi connectivity index (χ3n) is 2.36. The lowest BCUT2D eigenvalue weighted by molar-refractivity contribution is -0.121. The number of halogens is 1. The van der Waals surface area contributed by atoms with Gasteiger partial charge in [0.1, 0.15) is 0 Å². The van der Waals surface area contributed by atoms with Gasteiger partial charge in [-0.25, -0.2) is 0 Å². The number of nitrogens with one attached hydrogen (secondary N) is 1. The molecule has 0 radical (unpaired) electrons. The first-order chi connectivity index (χ1) is 7.72. The zero-order valence-corrected chi connectivity index (χ0v) is 10.4. The number of carbonyl (C=O) groups is 1. The lowest BCUT2D eigenvalue weighted by atomic mass is 10.1. The van der Waals surface area contributed by atoms with E-state index in [-0.39, 0.29) is 5.91 Å². The molecule has 0 atom stereocenters. The van der Waals surface area contributed by atoms with Crippen LogP contribution in [-0.4, -0.2) is 18.3 Å². The average molecular weight is 240 g/mol. The quantitative estimate of drug-likeness (QED) is 0.760. The molecule has 2 nitrogen and oxygen atoms in total. The molecular formula is C13H18ClNO. The molecular weight excluding hydrogens is 222 g/mol. The van der Waals surface area contributed by atoms with Gasteiger partial charge in [-0.15, -0.1) is 11.6 Å². The highest BCUT2D eigenvalue weighted by Gasteiger charge is 2.00. The first kappa shape index (κ1) is 13.0. The molecule has 3 heteroatoms. The highest BCUT2D eigenvalue weighted by atomic mass is 35.5. The van der Waals surface area contributed by atoms with Gasteiger partial charge in [-0.05, 0) is 25.3 Å². The van der Waals surface area contributed by atoms with E-state index in [2.05, 4.69) is 30.4 Å². The summed E-state index contributed by atoms with van der Waals surface area (Å²) in [6.45, 7) is 2.77. The summed E-state index contributed by atoms with van der Waals surface area (Å²) in [5.41, 5.74) is 2.52. The number of carbonyl (C=O) groups excluding carboxylic acids is 1. The summed E-state index contributed by atoms with van der Waals surface area (Å²) in [4.78, 5) is 11.3. The second-order valence-corrected chi connectivity index (χ2v) is 4.26. The molecule has 0 bridgehead atoms. The van der Waals surface area contributed by atoms with E-state index in [1.807, 2.05) is 6.07 Å². The van der Waals surface area contributed by atoms with Gasteiger partial charge in [-0.2, -0.15) is 0 Å². The molecule has 0 saturated carbocycles. The smallest absolute Gasteiger partial charge is 0.220 e. The first-order valence-electron chi connectivity index (χ1n) is 5.60. The molecule has 1 amide bonds. The Labute approximate surface area is 102 Å². The number of hydrogen-bond acceptors (Lipinski definition) is 1. The van der Waals surface area contributed by atoms with E-state index >= 15 is 0 Å². The molecule has 16 heavy (non-hydrogen) atoms. The van der Waals surface area contributed by atoms with E-state index in [9.17, 15) is 4.79 Å². The average Bonchev–Trinajstić information content (AvgIpc) is 2.26. The topological polar surface area (TPSA) is 29.1 Å². The van der Waals surface area contributed by atoms with Crippen LogP contribution in [0.2, 0.25) is 0 Å². The molecule has 1 aromatic carbocycles. The Morgan fingerprint density at radius 1 is 1.44 bits per heavy atom. The highest BCUT2D eigenvalue weighted by Crippen LogP contribution is 2.03. The number of aryl methyl sites for hydroxylation is 1. The molecule has 1 rings (SSSR count). The predicted octanol–water partition coefficient (Wildman–Crippen LogP) is 2.67. The summed E-state index contributed by atoms with van der Waals surface area (Å²) in [5.74, 6) is 0.638. The van der Waals surface area contributed by atoms with Crippen molar-refractivity contribution in [3.05, 3.63) is 35.4 Å². The fourth-order valence-corrected chi connectivity index (χ4v) is 1.66. The summed E-state index contributed by atoms with van der Waals surface area (Å²) in [5, 5.41) is 2.89. The molecule has 0 heterocycles. The Kier molecular flexibility index (Phi) is 5.94. The molecule has 0 unspecified atom stereocenters. The predicted molar refractivity (Wildman–Crippen MR) is 67.8 cm³/mol. The van der Waals surface area contributed by atoms with Crippen molar-refractivity contribution < 1.29 is 4.79 Å². The van der Waals surface area contributed by atoms with E-state index in [1.165, 1.54) is 11.1 Å². The van der Waals surface area contributed by atoms with Crippen LogP contribution in [0.1, 0.15) is 24.0 Å². The Morgan fingerprint density at radius 2 is 2.25 bits per heavy atom. The maximum Gasteiger partial charge on any atom is 0.220 e. The van der Waals surface area contributed by atoms with Gasteiger partial charge in [-0.1, -0.05) is 29.8 Å². The Morgan fingerprint density at radius 3 is 2.94 bits per heavy atom. The van der Waals surface area contributed by atoms with Crippen molar-refractivity contribution in [3.63, 3.8) is 0 Å². The Bertz CT molecular complexity index is 338. The number of benzene rings is 1. The van der Waals surface area contributed by atoms with Crippen LogP contribution in [0.4, 0.5) is 0 Å². The van der Waals surface area contributed by atoms with Crippen molar-refractivity contribution in [2.75, 3.05) is 12.4 Å². The molecule has 0 saturated heterocycles. The maximum atomic E-state index is 11.3. The van der Waals surface area contributed by atoms with Crippen LogP contribution in [-0.2, 0) is 11.2 Å². The summed E-state index contributed by atoms with van der Waals surface area (Å²) in [6.07, 6.45) is 2.16. The molecule has 0 aromatic heterocycles. The monoisotopic (exact) mass is 239 g/mol. The van der Waals surface area contributed by atoms with Crippen molar-refractivity contribution >= 4 is 17.5 Å². The van der Waals surface area contributed by atoms with Crippen LogP contribution < -0.4 is 5.32 Å². The van der Waals surface area contributed by atoms with Crippen molar-refractivity contribution in [3.8, 4) is 0 Å². The van der Waals surface area contributed by atoms with Gasteiger partial charge in [0.2, 0.25) is 5.91 Å². The summed E-state index contributed by atoms with van der Waals surface area (Å²) >= 11 is 5.51. The number of amides is 1. The van der Waals surface area contributed by atoms with Crippen molar-refractivity contribution in [2.45, 2.75) is 26.2 Å². The fourth-order valence-electron chi connectivity index (χ4n) is 1.53. The van der Waals surface area contributed by atoms with Gasteiger partial charge in [0.25, 0.3) is 0 Å². The van der Waals surface area contributed by atoms with E-state index < -0.39 is 0 Å². The molecule has 1 aromatic rings. The molecule has 0 aliphatic rings. The molecule has 88 valence electrons. The van der Waals surface area contributed by atoms with Gasteiger partial charge in [0.15, 0.2) is 0 Å². The van der Waals surface area contributed by atoms with Crippen molar-refractivity contribution in [1.82, 2.24) is 5.32 Å². The molecule has 0 aliphatic carbocycles. The first-order valence-corrected chi connectivity index (χ1v) is 6.14. The molecule has 1 N–H and O–H groups in total.